The molecule has 0 radical (unpaired) electrons. The number of fused-ring (bicyclic) bond motifs is 1. The van der Waals surface area contributed by atoms with Crippen molar-refractivity contribution in [2.75, 3.05) is 0 Å². The molecule has 150 valence electrons. The van der Waals surface area contributed by atoms with Crippen molar-refractivity contribution in [3.8, 4) is 5.06 Å². The number of amides is 1. The van der Waals surface area contributed by atoms with E-state index >= 15 is 0 Å². The standard InChI is InChI=1S/C17H13ClF3NO5S/c1-7-9(4-14(24)25)10-3-13(23)11(18)5-12(10)22(7)16(26)8-2-15(28-6-8)27-17(19,20)21/h2-3,6,11-12H,4-5H2,1H3,(H,24,25). The first kappa shape index (κ1) is 20.4. The fourth-order valence-electron chi connectivity index (χ4n) is 3.31. The third kappa shape index (κ3) is 3.93. The molecule has 0 fully saturated rings. The van der Waals surface area contributed by atoms with Crippen LogP contribution in [0.25, 0.3) is 0 Å². The Morgan fingerprint density at radius 2 is 2.11 bits per heavy atom. The molecule has 11 heteroatoms. The van der Waals surface area contributed by atoms with Crippen LogP contribution in [0.3, 0.4) is 0 Å². The largest absolute Gasteiger partial charge is 0.573 e. The molecule has 0 saturated heterocycles. The zero-order chi connectivity index (χ0) is 20.8. The second-order valence-electron chi connectivity index (χ2n) is 6.23. The van der Waals surface area contributed by atoms with E-state index in [1.165, 1.54) is 23.3 Å². The molecule has 0 bridgehead atoms. The van der Waals surface area contributed by atoms with Gasteiger partial charge in [0.2, 0.25) is 0 Å². The van der Waals surface area contributed by atoms with Crippen molar-refractivity contribution in [1.29, 1.82) is 0 Å². The minimum atomic E-state index is -4.88. The average molecular weight is 436 g/mol. The molecule has 0 spiro atoms. The van der Waals surface area contributed by atoms with Crippen LogP contribution in [0.2, 0.25) is 0 Å². The number of carbonyl (C=O) groups excluding carboxylic acids is 2. The van der Waals surface area contributed by atoms with E-state index in [1.54, 1.807) is 0 Å². The lowest BCUT2D eigenvalue weighted by Crippen LogP contribution is -2.40. The minimum Gasteiger partial charge on any atom is -0.481 e. The molecule has 1 aromatic heterocycles. The number of allylic oxidation sites excluding steroid dienone is 2. The summed E-state index contributed by atoms with van der Waals surface area (Å²) >= 11 is 6.63. The summed E-state index contributed by atoms with van der Waals surface area (Å²) in [5.41, 5.74) is 1.01. The second kappa shape index (κ2) is 7.25. The molecule has 1 amide bonds. The van der Waals surface area contributed by atoms with Crippen LogP contribution in [0, 0.1) is 0 Å². The lowest BCUT2D eigenvalue weighted by atomic mass is 9.89. The van der Waals surface area contributed by atoms with Gasteiger partial charge in [-0.25, -0.2) is 0 Å². The molecular formula is C17H13ClF3NO5S. The van der Waals surface area contributed by atoms with Gasteiger partial charge in [-0.15, -0.1) is 36.1 Å². The number of ketones is 1. The van der Waals surface area contributed by atoms with Gasteiger partial charge in [-0.1, -0.05) is 0 Å². The van der Waals surface area contributed by atoms with Gasteiger partial charge >= 0.3 is 12.3 Å². The van der Waals surface area contributed by atoms with Gasteiger partial charge in [0.25, 0.3) is 5.91 Å². The number of nitrogens with zero attached hydrogens (tertiary/aromatic N) is 1. The Morgan fingerprint density at radius 3 is 2.71 bits per heavy atom. The Morgan fingerprint density at radius 1 is 1.43 bits per heavy atom. The second-order valence-corrected chi connectivity index (χ2v) is 7.63. The van der Waals surface area contributed by atoms with E-state index in [0.29, 0.717) is 28.2 Å². The molecule has 3 rings (SSSR count). The fraction of sp³-hybridized carbons (Fsp3) is 0.353. The molecule has 1 aliphatic carbocycles. The van der Waals surface area contributed by atoms with E-state index in [0.717, 1.165) is 6.07 Å². The summed E-state index contributed by atoms with van der Waals surface area (Å²) in [5, 5.41) is 9.00. The number of carboxylic acids is 1. The monoisotopic (exact) mass is 435 g/mol. The predicted molar refractivity (Wildman–Crippen MR) is 93.3 cm³/mol. The summed E-state index contributed by atoms with van der Waals surface area (Å²) in [5.74, 6) is -2.14. The summed E-state index contributed by atoms with van der Waals surface area (Å²) in [6.07, 6.45) is -3.96. The third-order valence-electron chi connectivity index (χ3n) is 4.44. The van der Waals surface area contributed by atoms with Crippen molar-refractivity contribution in [2.45, 2.75) is 37.5 Å². The minimum absolute atomic E-state index is 0.0393. The van der Waals surface area contributed by atoms with Crippen LogP contribution < -0.4 is 4.74 Å². The molecular weight excluding hydrogens is 423 g/mol. The van der Waals surface area contributed by atoms with Crippen LogP contribution >= 0.6 is 22.9 Å². The summed E-state index contributed by atoms with van der Waals surface area (Å²) < 4.78 is 40.9. The smallest absolute Gasteiger partial charge is 0.481 e. The van der Waals surface area contributed by atoms with Gasteiger partial charge < -0.3 is 14.7 Å². The van der Waals surface area contributed by atoms with E-state index in [1.807, 2.05) is 0 Å². The quantitative estimate of drug-likeness (QED) is 0.729. The number of aliphatic carboxylic acids is 1. The Kier molecular flexibility index (Phi) is 5.28. The number of carbonyl (C=O) groups is 3. The fourth-order valence-corrected chi connectivity index (χ4v) is 4.29. The van der Waals surface area contributed by atoms with E-state index in [2.05, 4.69) is 4.74 Å². The summed E-state index contributed by atoms with van der Waals surface area (Å²) in [6, 6.07) is 0.312. The van der Waals surface area contributed by atoms with Gasteiger partial charge in [-0.3, -0.25) is 14.4 Å². The van der Waals surface area contributed by atoms with Crippen LogP contribution in [0.5, 0.6) is 5.06 Å². The van der Waals surface area contributed by atoms with E-state index < -0.39 is 41.1 Å². The molecule has 6 nitrogen and oxygen atoms in total. The maximum Gasteiger partial charge on any atom is 0.573 e. The number of thiophene rings is 1. The summed E-state index contributed by atoms with van der Waals surface area (Å²) in [6.45, 7) is 1.53. The number of hydrogen-bond donors (Lipinski definition) is 1. The number of ether oxygens (including phenoxy) is 1. The maximum absolute atomic E-state index is 13.0. The Bertz CT molecular complexity index is 920. The van der Waals surface area contributed by atoms with Crippen molar-refractivity contribution >= 4 is 40.6 Å². The maximum atomic E-state index is 13.0. The Labute approximate surface area is 165 Å². The van der Waals surface area contributed by atoms with Gasteiger partial charge in [-0.2, -0.15) is 0 Å². The lowest BCUT2D eigenvalue weighted by Gasteiger charge is -2.30. The van der Waals surface area contributed by atoms with Gasteiger partial charge in [0.05, 0.1) is 23.4 Å². The Hall–Kier alpha value is -2.33. The average Bonchev–Trinajstić information content (AvgIpc) is 3.10. The summed E-state index contributed by atoms with van der Waals surface area (Å²) in [4.78, 5) is 37.4. The highest BCUT2D eigenvalue weighted by molar-refractivity contribution is 7.12. The van der Waals surface area contributed by atoms with Gasteiger partial charge in [0.15, 0.2) is 10.8 Å². The van der Waals surface area contributed by atoms with Crippen LogP contribution in [0.1, 0.15) is 30.1 Å². The first-order chi connectivity index (χ1) is 13.0. The van der Waals surface area contributed by atoms with Crippen molar-refractivity contribution in [1.82, 2.24) is 4.90 Å². The predicted octanol–water partition coefficient (Wildman–Crippen LogP) is 3.73. The van der Waals surface area contributed by atoms with Crippen LogP contribution in [-0.4, -0.2) is 45.4 Å². The molecule has 0 saturated carbocycles. The molecule has 0 aromatic carbocycles. The normalized spacial score (nSPS) is 22.2. The number of rotatable bonds is 4. The molecule has 1 aromatic rings. The number of halogens is 4. The van der Waals surface area contributed by atoms with E-state index in [4.69, 9.17) is 16.7 Å². The van der Waals surface area contributed by atoms with E-state index in [9.17, 15) is 27.6 Å². The highest BCUT2D eigenvalue weighted by Gasteiger charge is 2.43. The zero-order valence-electron chi connectivity index (χ0n) is 14.2. The SMILES string of the molecule is CC1=C(CC(=O)O)C2=CC(=O)C(Cl)CC2N1C(=O)c1csc(OC(F)(F)F)c1. The molecule has 1 N–H and O–H groups in total. The molecule has 2 aliphatic rings. The van der Waals surface area contributed by atoms with Crippen LogP contribution in [-0.2, 0) is 9.59 Å². The molecule has 2 unspecified atom stereocenters. The zero-order valence-corrected chi connectivity index (χ0v) is 15.8. The molecule has 2 heterocycles. The first-order valence-electron chi connectivity index (χ1n) is 7.97. The van der Waals surface area contributed by atoms with E-state index in [-0.39, 0.29) is 17.8 Å². The Balaban J connectivity index is 1.96. The van der Waals surface area contributed by atoms with Gasteiger partial charge in [0.1, 0.15) is 0 Å². The van der Waals surface area contributed by atoms with Crippen LogP contribution in [0.15, 0.2) is 34.4 Å². The molecule has 28 heavy (non-hydrogen) atoms. The van der Waals surface area contributed by atoms with Gasteiger partial charge in [0, 0.05) is 17.1 Å². The highest BCUT2D eigenvalue weighted by Crippen LogP contribution is 2.42. The molecule has 1 aliphatic heterocycles. The molecule has 2 atom stereocenters. The first-order valence-corrected chi connectivity index (χ1v) is 9.29. The van der Waals surface area contributed by atoms with Crippen molar-refractivity contribution in [3.63, 3.8) is 0 Å². The van der Waals surface area contributed by atoms with Gasteiger partial charge in [-0.05, 0) is 30.6 Å². The van der Waals surface area contributed by atoms with Crippen molar-refractivity contribution in [2.24, 2.45) is 0 Å². The number of hydrogen-bond acceptors (Lipinski definition) is 5. The lowest BCUT2D eigenvalue weighted by molar-refractivity contribution is -0.273. The van der Waals surface area contributed by atoms with Crippen molar-refractivity contribution < 1.29 is 37.4 Å². The highest BCUT2D eigenvalue weighted by atomic mass is 35.5. The topological polar surface area (TPSA) is 83.9 Å². The third-order valence-corrected chi connectivity index (χ3v) is 5.64. The van der Waals surface area contributed by atoms with Crippen LogP contribution in [0.4, 0.5) is 13.2 Å². The van der Waals surface area contributed by atoms with Crippen molar-refractivity contribution in [3.05, 3.63) is 39.9 Å². The number of carboxylic acid groups (broad SMARTS) is 1. The number of alkyl halides is 4. The summed E-state index contributed by atoms with van der Waals surface area (Å²) in [7, 11) is 0.